The standard InChI is InChI=1S/C9H13ClN4OS/c1-16-6-7(10)12-9(13-8(6)11)14-2-4-15-5-3-14/h2-5H2,1H3,(H2,11,12,13). The lowest BCUT2D eigenvalue weighted by Crippen LogP contribution is -2.37. The van der Waals surface area contributed by atoms with Crippen molar-refractivity contribution >= 4 is 35.1 Å². The Morgan fingerprint density at radius 3 is 2.62 bits per heavy atom. The molecule has 5 nitrogen and oxygen atoms in total. The van der Waals surface area contributed by atoms with Crippen molar-refractivity contribution in [1.82, 2.24) is 9.97 Å². The van der Waals surface area contributed by atoms with Crippen molar-refractivity contribution in [3.05, 3.63) is 5.15 Å². The summed E-state index contributed by atoms with van der Waals surface area (Å²) in [6.07, 6.45) is 1.90. The average Bonchev–Trinajstić information content (AvgIpc) is 2.30. The Labute approximate surface area is 103 Å². The molecule has 0 atom stereocenters. The van der Waals surface area contributed by atoms with Crippen LogP contribution in [0.5, 0.6) is 0 Å². The van der Waals surface area contributed by atoms with Gasteiger partial charge in [-0.1, -0.05) is 11.6 Å². The molecular formula is C9H13ClN4OS. The van der Waals surface area contributed by atoms with Crippen LogP contribution in [0.15, 0.2) is 4.90 Å². The molecule has 2 rings (SSSR count). The van der Waals surface area contributed by atoms with Gasteiger partial charge in [-0.05, 0) is 6.26 Å². The van der Waals surface area contributed by atoms with Crippen LogP contribution < -0.4 is 10.6 Å². The normalized spacial score (nSPS) is 16.5. The number of aromatic nitrogens is 2. The molecule has 1 aliphatic rings. The number of thioether (sulfide) groups is 1. The molecule has 0 aliphatic carbocycles. The van der Waals surface area contributed by atoms with Gasteiger partial charge in [0.1, 0.15) is 11.0 Å². The fourth-order valence-electron chi connectivity index (χ4n) is 1.52. The average molecular weight is 261 g/mol. The van der Waals surface area contributed by atoms with Gasteiger partial charge in [0, 0.05) is 13.1 Å². The Morgan fingerprint density at radius 1 is 1.38 bits per heavy atom. The maximum absolute atomic E-state index is 6.04. The minimum atomic E-state index is 0.418. The van der Waals surface area contributed by atoms with Crippen LogP contribution in [0, 0.1) is 0 Å². The zero-order valence-electron chi connectivity index (χ0n) is 8.94. The lowest BCUT2D eigenvalue weighted by atomic mass is 10.4. The largest absolute Gasteiger partial charge is 0.383 e. The first-order valence-corrected chi connectivity index (χ1v) is 6.52. The van der Waals surface area contributed by atoms with Crippen LogP contribution in [0.3, 0.4) is 0 Å². The fraction of sp³-hybridized carbons (Fsp3) is 0.556. The molecule has 0 spiro atoms. The van der Waals surface area contributed by atoms with Crippen LogP contribution in [0.4, 0.5) is 11.8 Å². The molecule has 1 aliphatic heterocycles. The van der Waals surface area contributed by atoms with Crippen LogP contribution >= 0.6 is 23.4 Å². The van der Waals surface area contributed by atoms with E-state index >= 15 is 0 Å². The van der Waals surface area contributed by atoms with E-state index in [-0.39, 0.29) is 0 Å². The number of nitrogens with two attached hydrogens (primary N) is 1. The zero-order chi connectivity index (χ0) is 11.5. The summed E-state index contributed by atoms with van der Waals surface area (Å²) in [4.78, 5) is 11.3. The van der Waals surface area contributed by atoms with Crippen molar-refractivity contribution < 1.29 is 4.74 Å². The summed E-state index contributed by atoms with van der Waals surface area (Å²) in [6, 6.07) is 0. The molecule has 1 aromatic rings. The van der Waals surface area contributed by atoms with Crippen molar-refractivity contribution in [2.24, 2.45) is 0 Å². The first-order chi connectivity index (χ1) is 7.72. The van der Waals surface area contributed by atoms with E-state index < -0.39 is 0 Å². The van der Waals surface area contributed by atoms with Gasteiger partial charge in [-0.3, -0.25) is 0 Å². The highest BCUT2D eigenvalue weighted by Crippen LogP contribution is 2.30. The van der Waals surface area contributed by atoms with Gasteiger partial charge >= 0.3 is 0 Å². The monoisotopic (exact) mass is 260 g/mol. The predicted molar refractivity (Wildman–Crippen MR) is 66.3 cm³/mol. The van der Waals surface area contributed by atoms with Gasteiger partial charge in [0.2, 0.25) is 5.95 Å². The number of hydrogen-bond donors (Lipinski definition) is 1. The van der Waals surface area contributed by atoms with Gasteiger partial charge in [0.15, 0.2) is 0 Å². The maximum Gasteiger partial charge on any atom is 0.228 e. The second-order valence-corrected chi connectivity index (χ2v) is 4.51. The number of morpholine rings is 1. The van der Waals surface area contributed by atoms with Crippen molar-refractivity contribution in [2.45, 2.75) is 4.90 Å². The molecule has 0 amide bonds. The number of hydrogen-bond acceptors (Lipinski definition) is 6. The fourth-order valence-corrected chi connectivity index (χ4v) is 2.39. The van der Waals surface area contributed by atoms with Crippen molar-refractivity contribution in [3.8, 4) is 0 Å². The van der Waals surface area contributed by atoms with E-state index in [1.807, 2.05) is 11.2 Å². The van der Waals surface area contributed by atoms with E-state index in [1.54, 1.807) is 0 Å². The summed E-state index contributed by atoms with van der Waals surface area (Å²) in [7, 11) is 0. The summed E-state index contributed by atoms with van der Waals surface area (Å²) in [5.41, 5.74) is 5.83. The van der Waals surface area contributed by atoms with E-state index in [4.69, 9.17) is 22.1 Å². The molecule has 0 unspecified atom stereocenters. The predicted octanol–water partition coefficient (Wildman–Crippen LogP) is 1.27. The van der Waals surface area contributed by atoms with Crippen molar-refractivity contribution in [3.63, 3.8) is 0 Å². The molecule has 7 heteroatoms. The van der Waals surface area contributed by atoms with Gasteiger partial charge < -0.3 is 15.4 Å². The third kappa shape index (κ3) is 2.34. The van der Waals surface area contributed by atoms with E-state index in [0.717, 1.165) is 18.0 Å². The molecule has 1 saturated heterocycles. The van der Waals surface area contributed by atoms with Crippen LogP contribution in [0.2, 0.25) is 5.15 Å². The third-order valence-corrected chi connectivity index (χ3v) is 3.53. The number of ether oxygens (including phenoxy) is 1. The van der Waals surface area contributed by atoms with Gasteiger partial charge in [0.25, 0.3) is 0 Å². The Bertz CT molecular complexity index is 361. The molecule has 0 radical (unpaired) electrons. The summed E-state index contributed by atoms with van der Waals surface area (Å²) in [5, 5.41) is 0.418. The molecule has 1 fully saturated rings. The quantitative estimate of drug-likeness (QED) is 0.638. The van der Waals surface area contributed by atoms with Crippen molar-refractivity contribution in [1.29, 1.82) is 0 Å². The Balaban J connectivity index is 2.28. The first kappa shape index (κ1) is 11.8. The highest BCUT2D eigenvalue weighted by atomic mass is 35.5. The number of anilines is 2. The summed E-state index contributed by atoms with van der Waals surface area (Å²) >= 11 is 7.50. The minimum absolute atomic E-state index is 0.418. The maximum atomic E-state index is 6.04. The van der Waals surface area contributed by atoms with Gasteiger partial charge in [0.05, 0.1) is 18.1 Å². The highest BCUT2D eigenvalue weighted by molar-refractivity contribution is 7.98. The molecule has 0 saturated carbocycles. The first-order valence-electron chi connectivity index (χ1n) is 4.92. The number of halogens is 1. The Kier molecular flexibility index (Phi) is 3.73. The van der Waals surface area contributed by atoms with Crippen LogP contribution in [-0.4, -0.2) is 42.5 Å². The Morgan fingerprint density at radius 2 is 2.06 bits per heavy atom. The van der Waals surface area contributed by atoms with Crippen LogP contribution in [0.25, 0.3) is 0 Å². The van der Waals surface area contributed by atoms with Gasteiger partial charge in [-0.15, -0.1) is 11.8 Å². The lowest BCUT2D eigenvalue weighted by molar-refractivity contribution is 0.122. The third-order valence-electron chi connectivity index (χ3n) is 2.34. The molecule has 16 heavy (non-hydrogen) atoms. The molecule has 0 aromatic carbocycles. The minimum Gasteiger partial charge on any atom is -0.383 e. The number of nitrogens with zero attached hydrogens (tertiary/aromatic N) is 3. The van der Waals surface area contributed by atoms with E-state index in [1.165, 1.54) is 11.8 Å². The molecule has 0 bridgehead atoms. The summed E-state index contributed by atoms with van der Waals surface area (Å²) < 4.78 is 5.26. The zero-order valence-corrected chi connectivity index (χ0v) is 10.5. The molecule has 1 aromatic heterocycles. The van der Waals surface area contributed by atoms with Crippen molar-refractivity contribution in [2.75, 3.05) is 43.2 Å². The molecule has 2 N–H and O–H groups in total. The van der Waals surface area contributed by atoms with E-state index in [9.17, 15) is 0 Å². The summed E-state index contributed by atoms with van der Waals surface area (Å²) in [6.45, 7) is 2.92. The van der Waals surface area contributed by atoms with Gasteiger partial charge in [-0.2, -0.15) is 9.97 Å². The topological polar surface area (TPSA) is 64.3 Å². The summed E-state index contributed by atoms with van der Waals surface area (Å²) in [5.74, 6) is 1.03. The molecule has 88 valence electrons. The molecule has 2 heterocycles. The smallest absolute Gasteiger partial charge is 0.228 e. The van der Waals surface area contributed by atoms with E-state index in [2.05, 4.69) is 9.97 Å². The highest BCUT2D eigenvalue weighted by Gasteiger charge is 2.17. The van der Waals surface area contributed by atoms with Crippen LogP contribution in [0.1, 0.15) is 0 Å². The SMILES string of the molecule is CSc1c(N)nc(N2CCOCC2)nc1Cl. The van der Waals surface area contributed by atoms with Crippen LogP contribution in [-0.2, 0) is 4.74 Å². The Hall–Kier alpha value is -0.720. The number of nitrogen functional groups attached to an aromatic ring is 1. The van der Waals surface area contributed by atoms with E-state index in [0.29, 0.717) is 30.1 Å². The second-order valence-electron chi connectivity index (χ2n) is 3.33. The number of rotatable bonds is 2. The molecular weight excluding hydrogens is 248 g/mol. The lowest BCUT2D eigenvalue weighted by Gasteiger charge is -2.27. The second kappa shape index (κ2) is 5.07. The van der Waals surface area contributed by atoms with Gasteiger partial charge in [-0.25, -0.2) is 0 Å².